The molecule has 0 aliphatic carbocycles. The van der Waals surface area contributed by atoms with Gasteiger partial charge in [-0.3, -0.25) is 4.68 Å². The second kappa shape index (κ2) is 7.10. The molecule has 0 saturated heterocycles. The van der Waals surface area contributed by atoms with E-state index in [2.05, 4.69) is 31.1 Å². The fourth-order valence-electron chi connectivity index (χ4n) is 2.05. The Balaban J connectivity index is 2.25. The van der Waals surface area contributed by atoms with Gasteiger partial charge in [-0.1, -0.05) is 25.0 Å². The molecule has 108 valence electrons. The molecular formula is C16H22N2O2. The van der Waals surface area contributed by atoms with Gasteiger partial charge in [-0.25, -0.2) is 0 Å². The van der Waals surface area contributed by atoms with Crippen molar-refractivity contribution in [1.82, 2.24) is 9.78 Å². The summed E-state index contributed by atoms with van der Waals surface area (Å²) >= 11 is 0. The zero-order valence-electron chi connectivity index (χ0n) is 12.2. The van der Waals surface area contributed by atoms with E-state index in [4.69, 9.17) is 9.84 Å². The maximum absolute atomic E-state index is 8.96. The molecule has 0 unspecified atom stereocenters. The number of ether oxygens (including phenoxy) is 1. The number of rotatable bonds is 7. The lowest BCUT2D eigenvalue weighted by Crippen LogP contribution is -2.01. The number of benzene rings is 1. The molecule has 0 fully saturated rings. The standard InChI is InChI=1S/C16H22N2O2/c1-3-4-9-20-16-6-5-13(2)10-15(16)14-11-17-18(12-14)7-8-19/h5-6,10-12,19H,3-4,7-9H2,1-2H3. The highest BCUT2D eigenvalue weighted by molar-refractivity contribution is 5.70. The molecule has 0 radical (unpaired) electrons. The molecule has 1 N–H and O–H groups in total. The molecule has 0 aliphatic heterocycles. The highest BCUT2D eigenvalue weighted by Gasteiger charge is 2.09. The van der Waals surface area contributed by atoms with Gasteiger partial charge < -0.3 is 9.84 Å². The van der Waals surface area contributed by atoms with E-state index < -0.39 is 0 Å². The van der Waals surface area contributed by atoms with Crippen LogP contribution in [0.25, 0.3) is 11.1 Å². The minimum atomic E-state index is 0.0921. The summed E-state index contributed by atoms with van der Waals surface area (Å²) < 4.78 is 7.61. The van der Waals surface area contributed by atoms with Crippen LogP contribution in [-0.4, -0.2) is 28.1 Å². The largest absolute Gasteiger partial charge is 0.493 e. The predicted octanol–water partition coefficient (Wildman–Crippen LogP) is 3.03. The number of unbranched alkanes of at least 4 members (excludes halogenated alkanes) is 1. The maximum Gasteiger partial charge on any atom is 0.127 e. The number of aryl methyl sites for hydroxylation is 1. The molecule has 0 saturated carbocycles. The first-order chi connectivity index (χ1) is 9.74. The third-order valence-electron chi connectivity index (χ3n) is 3.16. The molecule has 1 heterocycles. The fraction of sp³-hybridized carbons (Fsp3) is 0.438. The minimum absolute atomic E-state index is 0.0921. The molecule has 0 atom stereocenters. The smallest absolute Gasteiger partial charge is 0.127 e. The van der Waals surface area contributed by atoms with E-state index in [0.29, 0.717) is 6.54 Å². The van der Waals surface area contributed by atoms with Crippen molar-refractivity contribution in [3.63, 3.8) is 0 Å². The number of nitrogens with zero attached hydrogens (tertiary/aromatic N) is 2. The van der Waals surface area contributed by atoms with Crippen molar-refractivity contribution in [1.29, 1.82) is 0 Å². The van der Waals surface area contributed by atoms with Crippen LogP contribution in [0.1, 0.15) is 25.3 Å². The normalized spacial score (nSPS) is 10.8. The molecule has 2 rings (SSSR count). The Bertz CT molecular complexity index is 549. The SMILES string of the molecule is CCCCOc1ccc(C)cc1-c1cnn(CCO)c1. The first kappa shape index (κ1) is 14.6. The van der Waals surface area contributed by atoms with Crippen LogP contribution in [0.2, 0.25) is 0 Å². The molecule has 0 spiro atoms. The summed E-state index contributed by atoms with van der Waals surface area (Å²) in [5, 5.41) is 13.2. The number of hydrogen-bond donors (Lipinski definition) is 1. The molecule has 0 bridgehead atoms. The summed E-state index contributed by atoms with van der Waals surface area (Å²) in [5.41, 5.74) is 3.27. The van der Waals surface area contributed by atoms with Crippen LogP contribution < -0.4 is 4.74 Å². The molecule has 1 aromatic carbocycles. The second-order valence-electron chi connectivity index (χ2n) is 4.92. The van der Waals surface area contributed by atoms with Crippen LogP contribution in [0.5, 0.6) is 5.75 Å². The van der Waals surface area contributed by atoms with Gasteiger partial charge in [0.25, 0.3) is 0 Å². The summed E-state index contributed by atoms with van der Waals surface area (Å²) in [6.07, 6.45) is 5.93. The van der Waals surface area contributed by atoms with Crippen LogP contribution in [0.15, 0.2) is 30.6 Å². The molecule has 4 heteroatoms. The third-order valence-corrected chi connectivity index (χ3v) is 3.16. The van der Waals surface area contributed by atoms with E-state index in [0.717, 1.165) is 36.3 Å². The highest BCUT2D eigenvalue weighted by Crippen LogP contribution is 2.30. The molecular weight excluding hydrogens is 252 g/mol. The average molecular weight is 274 g/mol. The van der Waals surface area contributed by atoms with Gasteiger partial charge in [-0.2, -0.15) is 5.10 Å². The average Bonchev–Trinajstić information content (AvgIpc) is 2.89. The van der Waals surface area contributed by atoms with Gasteiger partial charge in [-0.05, 0) is 25.5 Å². The molecule has 0 aliphatic rings. The first-order valence-corrected chi connectivity index (χ1v) is 7.11. The zero-order valence-corrected chi connectivity index (χ0v) is 12.2. The number of aliphatic hydroxyl groups excluding tert-OH is 1. The van der Waals surface area contributed by atoms with Gasteiger partial charge in [0.2, 0.25) is 0 Å². The summed E-state index contributed by atoms with van der Waals surface area (Å²) in [6, 6.07) is 6.19. The van der Waals surface area contributed by atoms with Gasteiger partial charge in [0.1, 0.15) is 5.75 Å². The minimum Gasteiger partial charge on any atom is -0.493 e. The summed E-state index contributed by atoms with van der Waals surface area (Å²) in [6.45, 7) is 5.56. The van der Waals surface area contributed by atoms with E-state index in [1.54, 1.807) is 4.68 Å². The van der Waals surface area contributed by atoms with Gasteiger partial charge >= 0.3 is 0 Å². The van der Waals surface area contributed by atoms with E-state index >= 15 is 0 Å². The highest BCUT2D eigenvalue weighted by atomic mass is 16.5. The lowest BCUT2D eigenvalue weighted by molar-refractivity contribution is 0.269. The van der Waals surface area contributed by atoms with E-state index in [-0.39, 0.29) is 6.61 Å². The predicted molar refractivity (Wildman–Crippen MR) is 79.9 cm³/mol. The summed E-state index contributed by atoms with van der Waals surface area (Å²) in [5.74, 6) is 0.896. The van der Waals surface area contributed by atoms with Crippen LogP contribution in [-0.2, 0) is 6.54 Å². The Morgan fingerprint density at radius 3 is 2.95 bits per heavy atom. The van der Waals surface area contributed by atoms with Gasteiger partial charge in [0, 0.05) is 17.3 Å². The van der Waals surface area contributed by atoms with Crippen molar-refractivity contribution in [2.24, 2.45) is 0 Å². The molecule has 2 aromatic rings. The Morgan fingerprint density at radius 1 is 1.35 bits per heavy atom. The van der Waals surface area contributed by atoms with Gasteiger partial charge in [0.05, 0.1) is 26.0 Å². The third kappa shape index (κ3) is 3.61. The Labute approximate surface area is 120 Å². The van der Waals surface area contributed by atoms with Crippen LogP contribution in [0, 0.1) is 6.92 Å². The molecule has 0 amide bonds. The summed E-state index contributed by atoms with van der Waals surface area (Å²) in [7, 11) is 0. The Hall–Kier alpha value is -1.81. The number of aliphatic hydroxyl groups is 1. The van der Waals surface area contributed by atoms with Gasteiger partial charge in [-0.15, -0.1) is 0 Å². The fourth-order valence-corrected chi connectivity index (χ4v) is 2.05. The van der Waals surface area contributed by atoms with Crippen molar-refractivity contribution >= 4 is 0 Å². The van der Waals surface area contributed by atoms with E-state index in [9.17, 15) is 0 Å². The van der Waals surface area contributed by atoms with Gasteiger partial charge in [0.15, 0.2) is 0 Å². The monoisotopic (exact) mass is 274 g/mol. The van der Waals surface area contributed by atoms with Crippen molar-refractivity contribution in [2.75, 3.05) is 13.2 Å². The van der Waals surface area contributed by atoms with Crippen LogP contribution in [0.3, 0.4) is 0 Å². The van der Waals surface area contributed by atoms with Crippen molar-refractivity contribution in [3.8, 4) is 16.9 Å². The quantitative estimate of drug-likeness (QED) is 0.789. The topological polar surface area (TPSA) is 47.3 Å². The van der Waals surface area contributed by atoms with E-state index in [1.807, 2.05) is 18.5 Å². The Morgan fingerprint density at radius 2 is 2.20 bits per heavy atom. The molecule has 20 heavy (non-hydrogen) atoms. The second-order valence-corrected chi connectivity index (χ2v) is 4.92. The van der Waals surface area contributed by atoms with Crippen LogP contribution in [0.4, 0.5) is 0 Å². The van der Waals surface area contributed by atoms with Crippen molar-refractivity contribution in [2.45, 2.75) is 33.2 Å². The lowest BCUT2D eigenvalue weighted by Gasteiger charge is -2.11. The molecule has 4 nitrogen and oxygen atoms in total. The van der Waals surface area contributed by atoms with E-state index in [1.165, 1.54) is 5.56 Å². The lowest BCUT2D eigenvalue weighted by atomic mass is 10.1. The Kier molecular flexibility index (Phi) is 5.18. The van der Waals surface area contributed by atoms with Crippen molar-refractivity contribution in [3.05, 3.63) is 36.2 Å². The van der Waals surface area contributed by atoms with Crippen LogP contribution >= 0.6 is 0 Å². The number of hydrogen-bond acceptors (Lipinski definition) is 3. The number of aromatic nitrogens is 2. The maximum atomic E-state index is 8.96. The first-order valence-electron chi connectivity index (χ1n) is 7.11. The van der Waals surface area contributed by atoms with Crippen molar-refractivity contribution < 1.29 is 9.84 Å². The molecule has 1 aromatic heterocycles. The zero-order chi connectivity index (χ0) is 14.4. The summed E-state index contributed by atoms with van der Waals surface area (Å²) in [4.78, 5) is 0.